The van der Waals surface area contributed by atoms with Crippen molar-refractivity contribution in [2.45, 2.75) is 45.7 Å². The van der Waals surface area contributed by atoms with Crippen molar-refractivity contribution < 1.29 is 24.2 Å². The van der Waals surface area contributed by atoms with E-state index in [9.17, 15) is 19.5 Å². The van der Waals surface area contributed by atoms with Gasteiger partial charge in [-0.2, -0.15) is 0 Å². The van der Waals surface area contributed by atoms with Crippen LogP contribution in [0.4, 0.5) is 0 Å². The van der Waals surface area contributed by atoms with Crippen molar-refractivity contribution in [3.63, 3.8) is 0 Å². The maximum atomic E-state index is 12.1. The molecule has 4 aromatic rings. The molecule has 2 aromatic carbocycles. The summed E-state index contributed by atoms with van der Waals surface area (Å²) in [5.41, 5.74) is 3.12. The third-order valence-corrected chi connectivity index (χ3v) is 6.57. The predicted molar refractivity (Wildman–Crippen MR) is 150 cm³/mol. The van der Waals surface area contributed by atoms with E-state index in [1.807, 2.05) is 30.5 Å². The first-order chi connectivity index (χ1) is 19.3. The van der Waals surface area contributed by atoms with Gasteiger partial charge in [-0.1, -0.05) is 35.4 Å². The summed E-state index contributed by atoms with van der Waals surface area (Å²) in [4.78, 5) is 37.5. The van der Waals surface area contributed by atoms with Crippen LogP contribution in [-0.4, -0.2) is 56.0 Å². The highest BCUT2D eigenvalue weighted by Crippen LogP contribution is 2.34. The molecule has 0 saturated heterocycles. The van der Waals surface area contributed by atoms with Gasteiger partial charge in [0, 0.05) is 42.6 Å². The van der Waals surface area contributed by atoms with Gasteiger partial charge in [0.2, 0.25) is 11.8 Å². The Morgan fingerprint density at radius 3 is 2.65 bits per heavy atom. The number of carbonyl (C=O) groups is 3. The van der Waals surface area contributed by atoms with Gasteiger partial charge in [-0.3, -0.25) is 14.3 Å². The molecule has 0 atom stereocenters. The first-order valence-electron chi connectivity index (χ1n) is 13.0. The number of aromatic amines is 1. The zero-order chi connectivity index (χ0) is 28.5. The number of carbonyl (C=O) groups excluding carboxylic acids is 2. The van der Waals surface area contributed by atoms with Crippen LogP contribution in [0.2, 0.25) is 5.02 Å². The van der Waals surface area contributed by atoms with Gasteiger partial charge >= 0.3 is 5.97 Å². The fourth-order valence-electron chi connectivity index (χ4n) is 4.20. The molecule has 0 radical (unpaired) electrons. The maximum Gasteiger partial charge on any atom is 0.337 e. The molecule has 0 fully saturated rings. The van der Waals surface area contributed by atoms with Crippen molar-refractivity contribution in [1.82, 2.24) is 30.6 Å². The summed E-state index contributed by atoms with van der Waals surface area (Å²) in [6.45, 7) is 3.25. The van der Waals surface area contributed by atoms with Crippen LogP contribution in [0.25, 0.3) is 22.0 Å². The number of rotatable bonds is 14. The van der Waals surface area contributed by atoms with Gasteiger partial charge in [-0.15, -0.1) is 5.10 Å². The molecule has 12 heteroatoms. The summed E-state index contributed by atoms with van der Waals surface area (Å²) in [6, 6.07) is 10.8. The van der Waals surface area contributed by atoms with E-state index in [-0.39, 0.29) is 17.4 Å². The first kappa shape index (κ1) is 28.6. The number of unbranched alkanes of at least 4 members (excludes halogenated alkanes) is 2. The van der Waals surface area contributed by atoms with Gasteiger partial charge in [0.05, 0.1) is 29.9 Å². The first-order valence-corrected chi connectivity index (χ1v) is 13.4. The quantitative estimate of drug-likeness (QED) is 0.167. The molecule has 0 aliphatic carbocycles. The third-order valence-electron chi connectivity index (χ3n) is 6.25. The second kappa shape index (κ2) is 13.6. The van der Waals surface area contributed by atoms with E-state index in [2.05, 4.69) is 25.9 Å². The average molecular weight is 567 g/mol. The minimum Gasteiger partial charge on any atom is -0.492 e. The zero-order valence-corrected chi connectivity index (χ0v) is 22.8. The Labute approximate surface area is 235 Å². The Kier molecular flexibility index (Phi) is 9.74. The molecule has 2 amide bonds. The number of aryl methyl sites for hydroxylation is 1. The molecule has 2 aromatic heterocycles. The number of nitrogens with zero attached hydrogens (tertiary/aromatic N) is 3. The largest absolute Gasteiger partial charge is 0.492 e. The molecule has 0 saturated carbocycles. The number of carboxylic acid groups (broad SMARTS) is 1. The molecule has 0 bridgehead atoms. The number of halogens is 1. The molecule has 0 aliphatic rings. The van der Waals surface area contributed by atoms with E-state index in [0.29, 0.717) is 60.0 Å². The smallest absolute Gasteiger partial charge is 0.337 e. The van der Waals surface area contributed by atoms with Gasteiger partial charge in [-0.05, 0) is 42.7 Å². The van der Waals surface area contributed by atoms with Crippen LogP contribution >= 0.6 is 11.6 Å². The van der Waals surface area contributed by atoms with Crippen LogP contribution in [-0.2, 0) is 22.7 Å². The number of aromatic nitrogens is 4. The van der Waals surface area contributed by atoms with Crippen molar-refractivity contribution >= 4 is 40.3 Å². The minimum atomic E-state index is -1.01. The zero-order valence-electron chi connectivity index (χ0n) is 22.1. The fourth-order valence-corrected chi connectivity index (χ4v) is 4.47. The SMILES string of the molecule is CC(=O)NCc1cn(CCCCCC(=O)NCCOc2ccc(-c3cc4c(C(=O)O)c[nH]c4cc3Cl)cc2)nn1. The molecule has 40 heavy (non-hydrogen) atoms. The lowest BCUT2D eigenvalue weighted by atomic mass is 10.0. The van der Waals surface area contributed by atoms with Gasteiger partial charge < -0.3 is 25.5 Å². The lowest BCUT2D eigenvalue weighted by molar-refractivity contribution is -0.121. The topological polar surface area (TPSA) is 151 Å². The second-order valence-electron chi connectivity index (χ2n) is 9.30. The third kappa shape index (κ3) is 7.82. The number of aromatic carboxylic acids is 1. The maximum absolute atomic E-state index is 12.1. The summed E-state index contributed by atoms with van der Waals surface area (Å²) in [5.74, 6) is -0.486. The van der Waals surface area contributed by atoms with Gasteiger partial charge in [0.15, 0.2) is 0 Å². The van der Waals surface area contributed by atoms with E-state index < -0.39 is 5.97 Å². The number of H-pyrrole nitrogens is 1. The molecule has 4 rings (SSSR count). The van der Waals surface area contributed by atoms with Crippen LogP contribution in [0.5, 0.6) is 5.75 Å². The van der Waals surface area contributed by atoms with E-state index in [4.69, 9.17) is 16.3 Å². The molecule has 0 spiro atoms. The van der Waals surface area contributed by atoms with Crippen molar-refractivity contribution in [1.29, 1.82) is 0 Å². The molecular formula is C28H31ClN6O5. The fraction of sp³-hybridized carbons (Fsp3) is 0.321. The Bertz CT molecular complexity index is 1480. The predicted octanol–water partition coefficient (Wildman–Crippen LogP) is 4.17. The summed E-state index contributed by atoms with van der Waals surface area (Å²) < 4.78 is 7.48. The molecular weight excluding hydrogens is 536 g/mol. The average Bonchev–Trinajstić information content (AvgIpc) is 3.56. The van der Waals surface area contributed by atoms with Crippen molar-refractivity contribution in [3.05, 3.63) is 65.1 Å². The molecule has 210 valence electrons. The molecule has 0 unspecified atom stereocenters. The van der Waals surface area contributed by atoms with E-state index >= 15 is 0 Å². The lowest BCUT2D eigenvalue weighted by Crippen LogP contribution is -2.27. The highest BCUT2D eigenvalue weighted by atomic mass is 35.5. The highest BCUT2D eigenvalue weighted by molar-refractivity contribution is 6.34. The van der Waals surface area contributed by atoms with Crippen molar-refractivity contribution in [2.24, 2.45) is 0 Å². The van der Waals surface area contributed by atoms with Gasteiger partial charge in [0.25, 0.3) is 0 Å². The molecule has 0 aliphatic heterocycles. The van der Waals surface area contributed by atoms with Gasteiger partial charge in [-0.25, -0.2) is 4.79 Å². The Balaban J connectivity index is 1.13. The van der Waals surface area contributed by atoms with E-state index in [0.717, 1.165) is 30.4 Å². The molecule has 4 N–H and O–H groups in total. The Hall–Kier alpha value is -4.38. The summed E-state index contributed by atoms with van der Waals surface area (Å²) >= 11 is 6.44. The summed E-state index contributed by atoms with van der Waals surface area (Å²) in [5, 5.41) is 24.1. The van der Waals surface area contributed by atoms with Crippen LogP contribution in [0.15, 0.2) is 48.8 Å². The van der Waals surface area contributed by atoms with Crippen LogP contribution in [0.3, 0.4) is 0 Å². The van der Waals surface area contributed by atoms with E-state index in [1.165, 1.54) is 13.1 Å². The Morgan fingerprint density at radius 1 is 1.10 bits per heavy atom. The number of hydrogen-bond donors (Lipinski definition) is 4. The Morgan fingerprint density at radius 2 is 1.90 bits per heavy atom. The second-order valence-corrected chi connectivity index (χ2v) is 9.71. The highest BCUT2D eigenvalue weighted by Gasteiger charge is 2.14. The number of nitrogens with one attached hydrogen (secondary N) is 3. The van der Waals surface area contributed by atoms with Crippen LogP contribution in [0.1, 0.15) is 48.7 Å². The van der Waals surface area contributed by atoms with Crippen molar-refractivity contribution in [2.75, 3.05) is 13.2 Å². The number of benzene rings is 2. The standard InChI is InChI=1S/C28H31ClN6O5/c1-18(36)31-15-20-17-35(34-33-20)11-4-2-3-5-27(37)30-10-12-40-21-8-6-19(7-9-21)22-13-23-24(28(38)39)16-32-26(23)14-25(22)29/h6-9,13-14,16-17,32H,2-5,10-12,15H2,1H3,(H,30,37)(H,31,36)(H,38,39). The number of hydrogen-bond acceptors (Lipinski definition) is 6. The normalized spacial score (nSPS) is 10.9. The van der Waals surface area contributed by atoms with E-state index in [1.54, 1.807) is 16.8 Å². The monoisotopic (exact) mass is 566 g/mol. The minimum absolute atomic E-state index is 0.0205. The number of carboxylic acids is 1. The van der Waals surface area contributed by atoms with Crippen molar-refractivity contribution in [3.8, 4) is 16.9 Å². The molecule has 11 nitrogen and oxygen atoms in total. The number of fused-ring (bicyclic) bond motifs is 1. The van der Waals surface area contributed by atoms with Gasteiger partial charge in [0.1, 0.15) is 18.1 Å². The number of amides is 2. The van der Waals surface area contributed by atoms with Crippen LogP contribution < -0.4 is 15.4 Å². The summed E-state index contributed by atoms with van der Waals surface area (Å²) in [7, 11) is 0. The summed E-state index contributed by atoms with van der Waals surface area (Å²) in [6.07, 6.45) is 6.24. The molecule has 2 heterocycles. The van der Waals surface area contributed by atoms with Crippen LogP contribution in [0, 0.1) is 0 Å². The lowest BCUT2D eigenvalue weighted by Gasteiger charge is -2.10. The number of ether oxygens (including phenoxy) is 1.